The highest BCUT2D eigenvalue weighted by molar-refractivity contribution is 6.52. The maximum atomic E-state index is 13.9. The maximum absolute atomic E-state index is 13.9. The minimum atomic E-state index is -0.732. The summed E-state index contributed by atoms with van der Waals surface area (Å²) in [5.41, 5.74) is 6.70. The van der Waals surface area contributed by atoms with Crippen LogP contribution < -0.4 is 10.6 Å². The Morgan fingerprint density at radius 1 is 1.44 bits per heavy atom. The van der Waals surface area contributed by atoms with Crippen LogP contribution in [0.2, 0.25) is 0 Å². The molecule has 0 fully saturated rings. The van der Waals surface area contributed by atoms with Crippen molar-refractivity contribution < 1.29 is 14.0 Å². The number of aryl methyl sites for hydroxylation is 1. The van der Waals surface area contributed by atoms with E-state index in [-0.39, 0.29) is 24.3 Å². The van der Waals surface area contributed by atoms with E-state index in [1.807, 2.05) is 0 Å². The summed E-state index contributed by atoms with van der Waals surface area (Å²) < 4.78 is 13.9. The third kappa shape index (κ3) is 1.82. The van der Waals surface area contributed by atoms with Crippen molar-refractivity contribution in [3.63, 3.8) is 0 Å². The molecule has 94 valence electrons. The van der Waals surface area contributed by atoms with Crippen molar-refractivity contribution >= 4 is 17.4 Å². The zero-order chi connectivity index (χ0) is 13.4. The van der Waals surface area contributed by atoms with Crippen LogP contribution in [-0.4, -0.2) is 24.8 Å². The van der Waals surface area contributed by atoms with Crippen LogP contribution in [0.3, 0.4) is 0 Å². The van der Waals surface area contributed by atoms with Gasteiger partial charge >= 0.3 is 0 Å². The van der Waals surface area contributed by atoms with E-state index in [4.69, 9.17) is 5.73 Å². The molecule has 1 heterocycles. The first-order chi connectivity index (χ1) is 8.45. The number of ketones is 1. The molecule has 0 aromatic heterocycles. The molecule has 0 aliphatic carbocycles. The monoisotopic (exact) mass is 248 g/mol. The number of halogens is 1. The summed E-state index contributed by atoms with van der Waals surface area (Å²) in [5.74, 6) is -1.99. The van der Waals surface area contributed by atoms with E-state index >= 15 is 0 Å². The van der Waals surface area contributed by atoms with Gasteiger partial charge < -0.3 is 5.73 Å². The van der Waals surface area contributed by atoms with E-state index in [0.29, 0.717) is 11.1 Å². The smallest absolute Gasteiger partial charge is 0.299 e. The zero-order valence-electron chi connectivity index (χ0n) is 10.00. The second-order valence-electron chi connectivity index (χ2n) is 4.32. The number of anilines is 1. The topological polar surface area (TPSA) is 63.4 Å². The van der Waals surface area contributed by atoms with Gasteiger partial charge in [-0.2, -0.15) is 0 Å². The van der Waals surface area contributed by atoms with Crippen LogP contribution >= 0.6 is 0 Å². The van der Waals surface area contributed by atoms with Crippen LogP contribution in [0.5, 0.6) is 0 Å². The summed E-state index contributed by atoms with van der Waals surface area (Å²) in [5, 5.41) is 0. The first-order valence-electron chi connectivity index (χ1n) is 5.48. The Bertz CT molecular complexity index is 566. The van der Waals surface area contributed by atoms with Crippen LogP contribution in [0.15, 0.2) is 24.3 Å². The molecule has 1 amide bonds. The Hall–Kier alpha value is -2.01. The van der Waals surface area contributed by atoms with Gasteiger partial charge in [0.05, 0.1) is 11.3 Å². The maximum Gasteiger partial charge on any atom is 0.299 e. The molecule has 0 spiro atoms. The molecule has 2 rings (SSSR count). The van der Waals surface area contributed by atoms with Gasteiger partial charge in [0, 0.05) is 13.1 Å². The van der Waals surface area contributed by atoms with E-state index in [1.165, 1.54) is 12.1 Å². The molecular formula is C13H13FN2O2. The van der Waals surface area contributed by atoms with E-state index in [1.54, 1.807) is 6.92 Å². The lowest BCUT2D eigenvalue weighted by Gasteiger charge is -2.17. The molecule has 0 radical (unpaired) electrons. The highest BCUT2D eigenvalue weighted by Crippen LogP contribution is 2.33. The standard InChI is InChI=1S/C13H13FN2O2/c1-7-3-9-11(10(14)4-7)16(6-8(2)5-15)13(18)12(9)17/h3-4H,2,5-6,15H2,1H3. The molecule has 1 aromatic rings. The highest BCUT2D eigenvalue weighted by Gasteiger charge is 2.38. The molecule has 18 heavy (non-hydrogen) atoms. The van der Waals surface area contributed by atoms with E-state index in [2.05, 4.69) is 6.58 Å². The molecule has 5 heteroatoms. The van der Waals surface area contributed by atoms with E-state index in [0.717, 1.165) is 4.90 Å². The number of carbonyl (C=O) groups is 2. The number of amides is 1. The zero-order valence-corrected chi connectivity index (χ0v) is 10.00. The summed E-state index contributed by atoms with van der Waals surface area (Å²) >= 11 is 0. The third-order valence-electron chi connectivity index (χ3n) is 2.83. The van der Waals surface area contributed by atoms with Gasteiger partial charge in [-0.1, -0.05) is 6.58 Å². The van der Waals surface area contributed by atoms with Gasteiger partial charge in [0.25, 0.3) is 11.7 Å². The Kier molecular flexibility index (Phi) is 3.00. The van der Waals surface area contributed by atoms with Crippen molar-refractivity contribution in [3.8, 4) is 0 Å². The Morgan fingerprint density at radius 3 is 2.72 bits per heavy atom. The predicted octanol–water partition coefficient (Wildman–Crippen LogP) is 1.18. The van der Waals surface area contributed by atoms with E-state index in [9.17, 15) is 14.0 Å². The van der Waals surface area contributed by atoms with Gasteiger partial charge in [0.2, 0.25) is 0 Å². The number of fused-ring (bicyclic) bond motifs is 1. The number of nitrogens with zero attached hydrogens (tertiary/aromatic N) is 1. The number of carbonyl (C=O) groups excluding carboxylic acids is 2. The summed E-state index contributed by atoms with van der Waals surface area (Å²) in [6, 6.07) is 2.81. The molecule has 1 aliphatic heterocycles. The van der Waals surface area contributed by atoms with Gasteiger partial charge in [-0.3, -0.25) is 14.5 Å². The molecule has 0 saturated carbocycles. The Labute approximate surface area is 104 Å². The summed E-state index contributed by atoms with van der Waals surface area (Å²) in [7, 11) is 0. The van der Waals surface area contributed by atoms with Gasteiger partial charge in [0.1, 0.15) is 5.82 Å². The fraction of sp³-hybridized carbons (Fsp3) is 0.231. The van der Waals surface area contributed by atoms with Crippen molar-refractivity contribution in [3.05, 3.63) is 41.2 Å². The average Bonchev–Trinajstić information content (AvgIpc) is 2.54. The second kappa shape index (κ2) is 4.34. The normalized spacial score (nSPS) is 14.1. The lowest BCUT2D eigenvalue weighted by atomic mass is 10.1. The van der Waals surface area contributed by atoms with E-state index < -0.39 is 17.5 Å². The fourth-order valence-electron chi connectivity index (χ4n) is 1.96. The molecule has 0 atom stereocenters. The van der Waals surface area contributed by atoms with Crippen LogP contribution in [0, 0.1) is 12.7 Å². The van der Waals surface area contributed by atoms with Crippen molar-refractivity contribution in [2.24, 2.45) is 5.73 Å². The molecule has 0 unspecified atom stereocenters. The molecule has 0 bridgehead atoms. The molecular weight excluding hydrogens is 235 g/mol. The fourth-order valence-corrected chi connectivity index (χ4v) is 1.96. The van der Waals surface area contributed by atoms with Crippen molar-refractivity contribution in [2.75, 3.05) is 18.0 Å². The van der Waals surface area contributed by atoms with Crippen molar-refractivity contribution in [1.29, 1.82) is 0 Å². The lowest BCUT2D eigenvalue weighted by Crippen LogP contribution is -2.33. The molecule has 1 aliphatic rings. The SMILES string of the molecule is C=C(CN)CN1C(=O)C(=O)c2cc(C)cc(F)c21. The van der Waals surface area contributed by atoms with Gasteiger partial charge in [-0.15, -0.1) is 0 Å². The van der Waals surface area contributed by atoms with Gasteiger partial charge in [-0.25, -0.2) is 4.39 Å². The number of nitrogens with two attached hydrogens (primary N) is 1. The van der Waals surface area contributed by atoms with Crippen molar-refractivity contribution in [1.82, 2.24) is 0 Å². The van der Waals surface area contributed by atoms with Gasteiger partial charge in [0.15, 0.2) is 0 Å². The Morgan fingerprint density at radius 2 is 2.11 bits per heavy atom. The van der Waals surface area contributed by atoms with Crippen LogP contribution in [-0.2, 0) is 4.79 Å². The molecule has 1 aromatic carbocycles. The third-order valence-corrected chi connectivity index (χ3v) is 2.83. The lowest BCUT2D eigenvalue weighted by molar-refractivity contribution is -0.114. The van der Waals surface area contributed by atoms with Crippen LogP contribution in [0.1, 0.15) is 15.9 Å². The number of rotatable bonds is 3. The second-order valence-corrected chi connectivity index (χ2v) is 4.32. The minimum Gasteiger partial charge on any atom is -0.327 e. The van der Waals surface area contributed by atoms with Crippen molar-refractivity contribution in [2.45, 2.75) is 6.92 Å². The summed E-state index contributed by atoms with van der Waals surface area (Å²) in [6.45, 7) is 5.58. The average molecular weight is 248 g/mol. The molecule has 2 N–H and O–H groups in total. The number of hydrogen-bond acceptors (Lipinski definition) is 3. The summed E-state index contributed by atoms with van der Waals surface area (Å²) in [4.78, 5) is 24.7. The summed E-state index contributed by atoms with van der Waals surface area (Å²) in [6.07, 6.45) is 0. The molecule has 4 nitrogen and oxygen atoms in total. The quantitative estimate of drug-likeness (QED) is 0.645. The van der Waals surface area contributed by atoms with Crippen LogP contribution in [0.25, 0.3) is 0 Å². The number of Topliss-reactive ketones (excluding diaryl/α,β-unsaturated/α-hetero) is 1. The first-order valence-corrected chi connectivity index (χ1v) is 5.48. The number of benzene rings is 1. The first kappa shape index (κ1) is 12.4. The number of hydrogen-bond donors (Lipinski definition) is 1. The Balaban J connectivity index is 2.51. The predicted molar refractivity (Wildman–Crippen MR) is 66.0 cm³/mol. The highest BCUT2D eigenvalue weighted by atomic mass is 19.1. The van der Waals surface area contributed by atoms with Gasteiger partial charge in [-0.05, 0) is 30.2 Å². The van der Waals surface area contributed by atoms with Crippen LogP contribution in [0.4, 0.5) is 10.1 Å². The molecule has 0 saturated heterocycles. The largest absolute Gasteiger partial charge is 0.327 e. The minimum absolute atomic E-state index is 0.0326.